The van der Waals surface area contributed by atoms with Crippen LogP contribution in [-0.2, 0) is 4.79 Å². The minimum absolute atomic E-state index is 0. The van der Waals surface area contributed by atoms with Crippen molar-refractivity contribution < 1.29 is 4.79 Å². The van der Waals surface area contributed by atoms with E-state index < -0.39 is 0 Å². The molecular formula is C6H12ClNO. The number of halogens is 1. The molecule has 0 spiro atoms. The molecule has 9 heavy (non-hydrogen) atoms. The van der Waals surface area contributed by atoms with Crippen molar-refractivity contribution in [2.45, 2.75) is 6.92 Å². The largest absolute Gasteiger partial charge is 0.344 e. The van der Waals surface area contributed by atoms with Gasteiger partial charge in [-0.05, 0) is 18.6 Å². The van der Waals surface area contributed by atoms with E-state index in [1.54, 1.807) is 6.92 Å². The average molecular weight is 150 g/mol. The standard InChI is InChI=1S/C6H8O.ClH.H3N/c1-4-6(7)5(2)3;;/h4H,1-2H2,3H3;1H;1H3. The van der Waals surface area contributed by atoms with Gasteiger partial charge in [-0.2, -0.15) is 0 Å². The molecule has 0 unspecified atom stereocenters. The fourth-order valence-electron chi connectivity index (χ4n) is 0.174. The van der Waals surface area contributed by atoms with Gasteiger partial charge in [0.25, 0.3) is 0 Å². The first-order valence-corrected chi connectivity index (χ1v) is 2.00. The Kier molecular flexibility index (Phi) is 13.0. The highest BCUT2D eigenvalue weighted by Crippen LogP contribution is 1.87. The SMILES string of the molecule is C=CC(=O)C(=C)C.Cl.N. The number of rotatable bonds is 2. The van der Waals surface area contributed by atoms with Crippen molar-refractivity contribution in [1.29, 1.82) is 0 Å². The Labute approximate surface area is 61.6 Å². The molecular weight excluding hydrogens is 138 g/mol. The number of ketones is 1. The Morgan fingerprint density at radius 1 is 1.56 bits per heavy atom. The van der Waals surface area contributed by atoms with Gasteiger partial charge >= 0.3 is 0 Å². The minimum atomic E-state index is -0.0833. The van der Waals surface area contributed by atoms with Gasteiger partial charge < -0.3 is 6.15 Å². The van der Waals surface area contributed by atoms with E-state index in [1.165, 1.54) is 6.08 Å². The minimum Gasteiger partial charge on any atom is -0.344 e. The molecule has 0 aromatic heterocycles. The highest BCUT2D eigenvalue weighted by atomic mass is 35.5. The molecule has 0 aromatic rings. The van der Waals surface area contributed by atoms with Crippen molar-refractivity contribution >= 4 is 18.2 Å². The predicted octanol–water partition coefficient (Wildman–Crippen LogP) is 1.90. The lowest BCUT2D eigenvalue weighted by Crippen LogP contribution is -1.89. The van der Waals surface area contributed by atoms with Gasteiger partial charge in [0.2, 0.25) is 0 Å². The van der Waals surface area contributed by atoms with Gasteiger partial charge in [-0.3, -0.25) is 4.79 Å². The quantitative estimate of drug-likeness (QED) is 0.610. The molecule has 0 saturated heterocycles. The first-order valence-electron chi connectivity index (χ1n) is 2.00. The van der Waals surface area contributed by atoms with Crippen molar-refractivity contribution in [3.05, 3.63) is 24.8 Å². The summed E-state index contributed by atoms with van der Waals surface area (Å²) in [6.45, 7) is 8.33. The summed E-state index contributed by atoms with van der Waals surface area (Å²) in [6, 6.07) is 0. The van der Waals surface area contributed by atoms with Crippen LogP contribution in [-0.4, -0.2) is 5.78 Å². The lowest BCUT2D eigenvalue weighted by Gasteiger charge is -1.83. The Balaban J connectivity index is -0.000000180. The highest BCUT2D eigenvalue weighted by molar-refractivity contribution is 6.02. The molecule has 0 aromatic carbocycles. The maximum atomic E-state index is 10.3. The van der Waals surface area contributed by atoms with E-state index >= 15 is 0 Å². The molecule has 2 nitrogen and oxygen atoms in total. The van der Waals surface area contributed by atoms with Gasteiger partial charge in [-0.15, -0.1) is 12.4 Å². The van der Waals surface area contributed by atoms with E-state index in [9.17, 15) is 4.79 Å². The van der Waals surface area contributed by atoms with Gasteiger partial charge in [0.05, 0.1) is 0 Å². The molecule has 3 N–H and O–H groups in total. The normalized spacial score (nSPS) is 5.89. The van der Waals surface area contributed by atoms with E-state index in [-0.39, 0.29) is 24.3 Å². The Morgan fingerprint density at radius 2 is 1.89 bits per heavy atom. The second-order valence-corrected chi connectivity index (χ2v) is 1.35. The third kappa shape index (κ3) is 7.40. The molecule has 0 rings (SSSR count). The number of carbonyl (C=O) groups is 1. The molecule has 0 fully saturated rings. The average Bonchev–Trinajstić information content (AvgIpc) is 1.65. The van der Waals surface area contributed by atoms with Gasteiger partial charge in [-0.25, -0.2) is 0 Å². The van der Waals surface area contributed by atoms with Crippen LogP contribution < -0.4 is 6.15 Å². The maximum absolute atomic E-state index is 10.3. The predicted molar refractivity (Wildman–Crippen MR) is 42.3 cm³/mol. The zero-order chi connectivity index (χ0) is 5.86. The molecule has 54 valence electrons. The summed E-state index contributed by atoms with van der Waals surface area (Å²) in [5, 5.41) is 0. The molecule has 0 aliphatic heterocycles. The zero-order valence-corrected chi connectivity index (χ0v) is 6.33. The highest BCUT2D eigenvalue weighted by Gasteiger charge is 1.90. The number of allylic oxidation sites excluding steroid dienone is 2. The van der Waals surface area contributed by atoms with Gasteiger partial charge in [0.15, 0.2) is 5.78 Å². The topological polar surface area (TPSA) is 52.1 Å². The Bertz CT molecular complexity index is 120. The third-order valence-electron chi connectivity index (χ3n) is 0.606. The summed E-state index contributed by atoms with van der Waals surface area (Å²) in [4.78, 5) is 10.3. The summed E-state index contributed by atoms with van der Waals surface area (Å²) in [5.74, 6) is -0.0833. The van der Waals surface area contributed by atoms with Crippen LogP contribution in [0.5, 0.6) is 0 Å². The molecule has 3 heteroatoms. The molecule has 0 aliphatic carbocycles. The van der Waals surface area contributed by atoms with E-state index in [2.05, 4.69) is 13.2 Å². The van der Waals surface area contributed by atoms with Crippen LogP contribution >= 0.6 is 12.4 Å². The van der Waals surface area contributed by atoms with Crippen LogP contribution in [0.3, 0.4) is 0 Å². The fraction of sp³-hybridized carbons (Fsp3) is 0.167. The second-order valence-electron chi connectivity index (χ2n) is 1.35. The molecule has 0 heterocycles. The molecule has 0 atom stereocenters. The van der Waals surface area contributed by atoms with Crippen LogP contribution in [0.15, 0.2) is 24.8 Å². The van der Waals surface area contributed by atoms with E-state index in [0.717, 1.165) is 0 Å². The van der Waals surface area contributed by atoms with Crippen LogP contribution in [0.25, 0.3) is 0 Å². The van der Waals surface area contributed by atoms with Crippen molar-refractivity contribution in [3.63, 3.8) is 0 Å². The van der Waals surface area contributed by atoms with Crippen molar-refractivity contribution in [2.75, 3.05) is 0 Å². The lowest BCUT2D eigenvalue weighted by atomic mass is 10.2. The van der Waals surface area contributed by atoms with Gasteiger partial charge in [0.1, 0.15) is 0 Å². The first kappa shape index (κ1) is 15.8. The van der Waals surface area contributed by atoms with Crippen LogP contribution in [0.2, 0.25) is 0 Å². The maximum Gasteiger partial charge on any atom is 0.180 e. The fourth-order valence-corrected chi connectivity index (χ4v) is 0.174. The Hall–Kier alpha value is -0.600. The smallest absolute Gasteiger partial charge is 0.180 e. The van der Waals surface area contributed by atoms with E-state index in [1.807, 2.05) is 0 Å². The monoisotopic (exact) mass is 149 g/mol. The molecule has 0 aliphatic rings. The molecule has 0 bridgehead atoms. The second kappa shape index (κ2) is 7.40. The molecule has 0 amide bonds. The van der Waals surface area contributed by atoms with Crippen LogP contribution in [0.1, 0.15) is 6.92 Å². The van der Waals surface area contributed by atoms with Crippen molar-refractivity contribution in [1.82, 2.24) is 6.15 Å². The zero-order valence-electron chi connectivity index (χ0n) is 5.52. The molecule has 0 saturated carbocycles. The van der Waals surface area contributed by atoms with Crippen LogP contribution in [0.4, 0.5) is 0 Å². The third-order valence-corrected chi connectivity index (χ3v) is 0.606. The summed E-state index contributed by atoms with van der Waals surface area (Å²) < 4.78 is 0. The van der Waals surface area contributed by atoms with Gasteiger partial charge in [0, 0.05) is 0 Å². The number of hydrogen-bond donors (Lipinski definition) is 1. The lowest BCUT2D eigenvalue weighted by molar-refractivity contribution is -0.111. The van der Waals surface area contributed by atoms with Crippen molar-refractivity contribution in [2.24, 2.45) is 0 Å². The summed E-state index contributed by atoms with van der Waals surface area (Å²) in [6.07, 6.45) is 1.25. The summed E-state index contributed by atoms with van der Waals surface area (Å²) in [7, 11) is 0. The Morgan fingerprint density at radius 3 is 1.89 bits per heavy atom. The number of carbonyl (C=O) groups excluding carboxylic acids is 1. The summed E-state index contributed by atoms with van der Waals surface area (Å²) >= 11 is 0. The van der Waals surface area contributed by atoms with Crippen LogP contribution in [0, 0.1) is 0 Å². The van der Waals surface area contributed by atoms with E-state index in [4.69, 9.17) is 0 Å². The van der Waals surface area contributed by atoms with Gasteiger partial charge in [-0.1, -0.05) is 13.2 Å². The van der Waals surface area contributed by atoms with Crippen molar-refractivity contribution in [3.8, 4) is 0 Å². The molecule has 0 radical (unpaired) electrons. The first-order chi connectivity index (χ1) is 3.18. The number of hydrogen-bond acceptors (Lipinski definition) is 2. The van der Waals surface area contributed by atoms with E-state index in [0.29, 0.717) is 5.57 Å². The summed E-state index contributed by atoms with van der Waals surface area (Å²) in [5.41, 5.74) is 0.537.